The van der Waals surface area contributed by atoms with Gasteiger partial charge in [-0.2, -0.15) is 13.2 Å². The van der Waals surface area contributed by atoms with Crippen LogP contribution in [0.1, 0.15) is 40.9 Å². The van der Waals surface area contributed by atoms with Crippen molar-refractivity contribution in [3.8, 4) is 11.4 Å². The number of hydrogen-bond donors (Lipinski definition) is 1. The summed E-state index contributed by atoms with van der Waals surface area (Å²) in [5, 5.41) is 3.31. The molecule has 3 aromatic carbocycles. The molecule has 318 valence electrons. The van der Waals surface area contributed by atoms with E-state index in [1.807, 2.05) is 19.9 Å². The number of esters is 1. The summed E-state index contributed by atoms with van der Waals surface area (Å²) >= 11 is 0. The van der Waals surface area contributed by atoms with E-state index in [2.05, 4.69) is 20.2 Å². The van der Waals surface area contributed by atoms with Gasteiger partial charge in [-0.25, -0.2) is 18.5 Å². The number of aryl methyl sites for hydroxylation is 2. The maximum Gasteiger partial charge on any atom is 0.411 e. The number of pyridine rings is 2. The lowest BCUT2D eigenvalue weighted by atomic mass is 9.99. The number of morpholine rings is 1. The summed E-state index contributed by atoms with van der Waals surface area (Å²) in [6.45, 7) is 6.85. The number of amides is 1. The minimum absolute atomic E-state index is 0.00377. The average Bonchev–Trinajstić information content (AvgIpc) is 3.24. The number of aromatic nitrogens is 4. The van der Waals surface area contributed by atoms with Crippen LogP contribution >= 0.6 is 0 Å². The number of carbonyl (C=O) groups is 2. The highest BCUT2D eigenvalue weighted by molar-refractivity contribution is 5.99. The Hall–Kier alpha value is -6.46. The third-order valence-corrected chi connectivity index (χ3v) is 10.9. The number of carbonyl (C=O) groups excluding carboxylic acids is 2. The number of halogens is 4. The number of nitrogens with one attached hydrogen (secondary N) is 1. The first-order chi connectivity index (χ1) is 29.2. The van der Waals surface area contributed by atoms with Crippen LogP contribution in [0.15, 0.2) is 94.9 Å². The molecule has 4 heterocycles. The Balaban J connectivity index is 1.26. The van der Waals surface area contributed by atoms with Crippen molar-refractivity contribution in [2.45, 2.75) is 52.0 Å². The van der Waals surface area contributed by atoms with Gasteiger partial charge in [0.25, 0.3) is 11.5 Å². The molecule has 3 aromatic heterocycles. The van der Waals surface area contributed by atoms with Gasteiger partial charge in [0.1, 0.15) is 23.7 Å². The molecule has 1 unspecified atom stereocenters. The minimum Gasteiger partial charge on any atom is -0.425 e. The van der Waals surface area contributed by atoms with Crippen LogP contribution in [-0.4, -0.2) is 87.0 Å². The normalized spacial score (nSPS) is 15.0. The Morgan fingerprint density at radius 1 is 1.02 bits per heavy atom. The Morgan fingerprint density at radius 2 is 1.80 bits per heavy atom. The van der Waals surface area contributed by atoms with Crippen LogP contribution in [0.2, 0.25) is 0 Å². The van der Waals surface area contributed by atoms with Crippen LogP contribution in [-0.2, 0) is 29.5 Å². The summed E-state index contributed by atoms with van der Waals surface area (Å²) < 4.78 is 70.9. The van der Waals surface area contributed by atoms with Crippen molar-refractivity contribution in [2.75, 3.05) is 37.7 Å². The summed E-state index contributed by atoms with van der Waals surface area (Å²) in [4.78, 5) is 67.4. The van der Waals surface area contributed by atoms with E-state index in [-0.39, 0.29) is 53.2 Å². The monoisotopic (exact) mass is 841 g/mol. The second kappa shape index (κ2) is 17.6. The zero-order valence-corrected chi connectivity index (χ0v) is 33.8. The fraction of sp³-hybridized carbons (Fsp3) is 0.318. The van der Waals surface area contributed by atoms with Crippen molar-refractivity contribution in [3.63, 3.8) is 0 Å². The fourth-order valence-electron chi connectivity index (χ4n) is 7.69. The maximum absolute atomic E-state index is 16.0. The zero-order valence-electron chi connectivity index (χ0n) is 33.8. The molecule has 0 aliphatic carbocycles. The molecule has 0 saturated carbocycles. The summed E-state index contributed by atoms with van der Waals surface area (Å²) in [7, 11) is 1.52. The molecule has 1 fully saturated rings. The highest BCUT2D eigenvalue weighted by Gasteiger charge is 2.45. The van der Waals surface area contributed by atoms with E-state index in [1.54, 1.807) is 36.4 Å². The Morgan fingerprint density at radius 3 is 2.54 bits per heavy atom. The number of ether oxygens (including phenoxy) is 2. The lowest BCUT2D eigenvalue weighted by molar-refractivity contribution is -0.167. The first-order valence-electron chi connectivity index (χ1n) is 19.7. The van der Waals surface area contributed by atoms with E-state index in [1.165, 1.54) is 55.3 Å². The lowest BCUT2D eigenvalue weighted by Gasteiger charge is -2.38. The van der Waals surface area contributed by atoms with E-state index < -0.39 is 59.4 Å². The first kappa shape index (κ1) is 42.7. The van der Waals surface area contributed by atoms with Crippen molar-refractivity contribution in [1.29, 1.82) is 0 Å². The molecule has 13 nitrogen and oxygen atoms in total. The van der Waals surface area contributed by atoms with Gasteiger partial charge in [-0.15, -0.1) is 0 Å². The molecule has 1 saturated heterocycles. The average molecular weight is 842 g/mol. The van der Waals surface area contributed by atoms with Crippen molar-refractivity contribution in [3.05, 3.63) is 134 Å². The number of rotatable bonds is 12. The van der Waals surface area contributed by atoms with Crippen molar-refractivity contribution in [1.82, 2.24) is 29.3 Å². The molecule has 17 heteroatoms. The van der Waals surface area contributed by atoms with Gasteiger partial charge < -0.3 is 19.7 Å². The predicted molar refractivity (Wildman–Crippen MR) is 221 cm³/mol. The predicted octanol–water partition coefficient (Wildman–Crippen LogP) is 5.64. The second-order valence-electron chi connectivity index (χ2n) is 14.7. The highest BCUT2D eigenvalue weighted by atomic mass is 19.4. The van der Waals surface area contributed by atoms with Crippen molar-refractivity contribution >= 4 is 39.4 Å². The topological polar surface area (TPSA) is 141 Å². The first-order valence-corrected chi connectivity index (χ1v) is 19.7. The zero-order chi connectivity index (χ0) is 43.6. The smallest absolute Gasteiger partial charge is 0.411 e. The molecule has 0 spiro atoms. The highest BCUT2D eigenvalue weighted by Crippen LogP contribution is 2.33. The SMILES string of the molecule is CCN(CC)Cc1cccc(OC(=O)C(Cc2ccc(-n3c(=O)c4ccncc4n(C)c3=O)c3ncccc23)NC(=O)c2c(C)cc(N3CCOC[C@@H]3C(F)(F)F)cc2F)c1. The maximum atomic E-state index is 16.0. The summed E-state index contributed by atoms with van der Waals surface area (Å²) in [6, 6.07) is 13.6. The van der Waals surface area contributed by atoms with E-state index in [0.29, 0.717) is 23.0 Å². The van der Waals surface area contributed by atoms with E-state index in [4.69, 9.17) is 9.47 Å². The molecular weight excluding hydrogens is 799 g/mol. The molecule has 0 radical (unpaired) electrons. The molecule has 1 amide bonds. The van der Waals surface area contributed by atoms with Gasteiger partial charge in [-0.1, -0.05) is 38.1 Å². The Kier molecular flexibility index (Phi) is 12.3. The van der Waals surface area contributed by atoms with Crippen LogP contribution in [0.4, 0.5) is 23.2 Å². The standard InChI is InChI=1S/C44H43F4N7O6/c1-5-53(6-2)24-27-9-7-10-30(20-27)61-42(58)34(51-40(56)38-26(3)19-29(22-33(38)45)54-17-18-60-25-37(54)44(46,47)48)21-28-12-13-35(39-31(28)11-8-15-50-39)55-41(57)32-14-16-49-23-36(32)52(4)43(55)59/h7-16,19-20,22-23,34,37H,5-6,17-18,21,24-25H2,1-4H3,(H,51,56)/t34?,37-/m1/s1. The molecule has 1 N–H and O–H groups in total. The molecule has 1 aliphatic heterocycles. The van der Waals surface area contributed by atoms with Gasteiger partial charge in [0.15, 0.2) is 0 Å². The second-order valence-corrected chi connectivity index (χ2v) is 14.7. The molecule has 0 bridgehead atoms. The van der Waals surface area contributed by atoms with Crippen molar-refractivity contribution in [2.24, 2.45) is 7.05 Å². The quantitative estimate of drug-likeness (QED) is 0.0937. The van der Waals surface area contributed by atoms with E-state index >= 15 is 4.39 Å². The number of fused-ring (bicyclic) bond motifs is 2. The number of anilines is 1. The van der Waals surface area contributed by atoms with Crippen LogP contribution in [0.5, 0.6) is 5.75 Å². The largest absolute Gasteiger partial charge is 0.425 e. The number of nitrogens with zero attached hydrogens (tertiary/aromatic N) is 6. The van der Waals surface area contributed by atoms with Gasteiger partial charge in [-0.3, -0.25) is 29.0 Å². The summed E-state index contributed by atoms with van der Waals surface area (Å²) in [6.07, 6.45) is -0.524. The molecule has 61 heavy (non-hydrogen) atoms. The van der Waals surface area contributed by atoms with E-state index in [9.17, 15) is 32.3 Å². The Labute approximate surface area is 347 Å². The van der Waals surface area contributed by atoms with Crippen LogP contribution < -0.4 is 26.2 Å². The minimum atomic E-state index is -4.66. The van der Waals surface area contributed by atoms with Gasteiger partial charge in [0.05, 0.1) is 47.1 Å². The third kappa shape index (κ3) is 8.74. The molecule has 7 rings (SSSR count). The summed E-state index contributed by atoms with van der Waals surface area (Å²) in [5.41, 5.74) is 0.333. The van der Waals surface area contributed by atoms with Gasteiger partial charge in [0, 0.05) is 50.0 Å². The molecule has 1 aliphatic rings. The number of benzene rings is 3. The number of alkyl halides is 3. The molecular formula is C44H43F4N7O6. The lowest BCUT2D eigenvalue weighted by Crippen LogP contribution is -2.53. The summed E-state index contributed by atoms with van der Waals surface area (Å²) in [5.74, 6) is -2.78. The third-order valence-electron chi connectivity index (χ3n) is 10.9. The molecule has 2 atom stereocenters. The van der Waals surface area contributed by atoms with Crippen LogP contribution in [0, 0.1) is 12.7 Å². The van der Waals surface area contributed by atoms with Crippen molar-refractivity contribution < 1.29 is 36.6 Å². The molecule has 6 aromatic rings. The van der Waals surface area contributed by atoms with Gasteiger partial charge >= 0.3 is 17.8 Å². The van der Waals surface area contributed by atoms with Gasteiger partial charge in [-0.05, 0) is 79.2 Å². The van der Waals surface area contributed by atoms with Crippen LogP contribution in [0.3, 0.4) is 0 Å². The fourth-order valence-corrected chi connectivity index (χ4v) is 7.69. The van der Waals surface area contributed by atoms with Gasteiger partial charge in [0.2, 0.25) is 0 Å². The number of hydrogen-bond acceptors (Lipinski definition) is 10. The van der Waals surface area contributed by atoms with E-state index in [0.717, 1.165) is 34.2 Å². The van der Waals surface area contributed by atoms with Crippen LogP contribution in [0.25, 0.3) is 27.5 Å². The Bertz CT molecular complexity index is 2730.